The number of carbonyl (C=O) groups excluding carboxylic acids is 1. The van der Waals surface area contributed by atoms with E-state index < -0.39 is 0 Å². The van der Waals surface area contributed by atoms with Gasteiger partial charge in [-0.25, -0.2) is 4.98 Å². The smallest absolute Gasteiger partial charge is 0.297 e. The van der Waals surface area contributed by atoms with E-state index in [1.54, 1.807) is 36.8 Å². The second-order valence-corrected chi connectivity index (χ2v) is 6.27. The number of nitrogens with one attached hydrogen (secondary N) is 1. The average molecular weight is 378 g/mol. The van der Waals surface area contributed by atoms with Gasteiger partial charge >= 0.3 is 0 Å². The molecule has 0 radical (unpaired) electrons. The molecule has 0 bridgehead atoms. The molecule has 0 saturated heterocycles. The van der Waals surface area contributed by atoms with Crippen molar-refractivity contribution in [1.82, 2.24) is 29.5 Å². The lowest BCUT2D eigenvalue weighted by Crippen LogP contribution is -2.33. The van der Waals surface area contributed by atoms with Crippen molar-refractivity contribution >= 4 is 22.7 Å². The Kier molecular flexibility index (Phi) is 4.48. The SMILES string of the molecule is COc1ccc(CNC(=O)Cn2c(=O)c3nnc(C)n3c3ncccc32)cc1. The first-order valence-electron chi connectivity index (χ1n) is 8.67. The van der Waals surface area contributed by atoms with E-state index in [-0.39, 0.29) is 23.7 Å². The monoisotopic (exact) mass is 378 g/mol. The van der Waals surface area contributed by atoms with Crippen molar-refractivity contribution in [2.24, 2.45) is 0 Å². The van der Waals surface area contributed by atoms with E-state index in [4.69, 9.17) is 4.74 Å². The van der Waals surface area contributed by atoms with E-state index in [1.807, 2.05) is 24.3 Å². The molecule has 9 heteroatoms. The van der Waals surface area contributed by atoms with Crippen LogP contribution in [0.2, 0.25) is 0 Å². The zero-order chi connectivity index (χ0) is 19.7. The zero-order valence-electron chi connectivity index (χ0n) is 15.4. The maximum atomic E-state index is 12.9. The number of rotatable bonds is 5. The van der Waals surface area contributed by atoms with Crippen molar-refractivity contribution in [2.45, 2.75) is 20.0 Å². The van der Waals surface area contributed by atoms with Crippen molar-refractivity contribution in [3.8, 4) is 5.75 Å². The van der Waals surface area contributed by atoms with Crippen LogP contribution < -0.4 is 15.6 Å². The highest BCUT2D eigenvalue weighted by Crippen LogP contribution is 2.13. The maximum Gasteiger partial charge on any atom is 0.297 e. The van der Waals surface area contributed by atoms with Crippen molar-refractivity contribution in [3.63, 3.8) is 0 Å². The van der Waals surface area contributed by atoms with Gasteiger partial charge in [0.15, 0.2) is 5.65 Å². The van der Waals surface area contributed by atoms with Gasteiger partial charge in [0, 0.05) is 12.7 Å². The molecule has 1 N–H and O–H groups in total. The number of nitrogens with zero attached hydrogens (tertiary/aromatic N) is 5. The van der Waals surface area contributed by atoms with E-state index >= 15 is 0 Å². The third-order valence-electron chi connectivity index (χ3n) is 4.48. The normalized spacial score (nSPS) is 11.1. The summed E-state index contributed by atoms with van der Waals surface area (Å²) in [6, 6.07) is 10.9. The summed E-state index contributed by atoms with van der Waals surface area (Å²) < 4.78 is 8.09. The lowest BCUT2D eigenvalue weighted by atomic mass is 10.2. The van der Waals surface area contributed by atoms with Gasteiger partial charge in [-0.05, 0) is 36.8 Å². The summed E-state index contributed by atoms with van der Waals surface area (Å²) in [7, 11) is 1.60. The average Bonchev–Trinajstić information content (AvgIpc) is 3.12. The van der Waals surface area contributed by atoms with Gasteiger partial charge in [-0.1, -0.05) is 12.1 Å². The Morgan fingerprint density at radius 1 is 1.14 bits per heavy atom. The van der Waals surface area contributed by atoms with Gasteiger partial charge in [0.2, 0.25) is 11.6 Å². The molecule has 0 saturated carbocycles. The fourth-order valence-electron chi connectivity index (χ4n) is 3.06. The number of pyridine rings is 1. The molecule has 1 amide bonds. The van der Waals surface area contributed by atoms with Gasteiger partial charge in [-0.15, -0.1) is 10.2 Å². The third kappa shape index (κ3) is 3.07. The van der Waals surface area contributed by atoms with Gasteiger partial charge in [0.05, 0.1) is 12.6 Å². The van der Waals surface area contributed by atoms with Crippen LogP contribution in [0.15, 0.2) is 47.4 Å². The molecule has 0 atom stereocenters. The number of fused-ring (bicyclic) bond motifs is 3. The molecule has 4 aromatic rings. The highest BCUT2D eigenvalue weighted by Gasteiger charge is 2.17. The highest BCUT2D eigenvalue weighted by molar-refractivity contribution is 5.80. The molecular weight excluding hydrogens is 360 g/mol. The Morgan fingerprint density at radius 3 is 2.68 bits per heavy atom. The molecule has 0 spiro atoms. The van der Waals surface area contributed by atoms with Gasteiger partial charge in [0.1, 0.15) is 18.1 Å². The van der Waals surface area contributed by atoms with Gasteiger partial charge < -0.3 is 10.1 Å². The van der Waals surface area contributed by atoms with Crippen LogP contribution in [0.1, 0.15) is 11.4 Å². The molecule has 0 fully saturated rings. The molecule has 4 rings (SSSR count). The number of hydrogen-bond donors (Lipinski definition) is 1. The Balaban J connectivity index is 1.62. The topological polar surface area (TPSA) is 103 Å². The predicted octanol–water partition coefficient (Wildman–Crippen LogP) is 1.07. The van der Waals surface area contributed by atoms with Crippen LogP contribution in [0, 0.1) is 6.92 Å². The first-order chi connectivity index (χ1) is 13.6. The standard InChI is InChI=1S/C19H18N6O3/c1-12-22-23-18-19(27)24(15-4-3-9-20-17(15)25(12)18)11-16(26)21-10-13-5-7-14(28-2)8-6-13/h3-9H,10-11H2,1-2H3,(H,21,26). The summed E-state index contributed by atoms with van der Waals surface area (Å²) in [5.74, 6) is 1.02. The quantitative estimate of drug-likeness (QED) is 0.557. The summed E-state index contributed by atoms with van der Waals surface area (Å²) in [6.07, 6.45) is 1.62. The number of aryl methyl sites for hydroxylation is 1. The molecule has 3 aromatic heterocycles. The molecule has 0 aliphatic heterocycles. The third-order valence-corrected chi connectivity index (χ3v) is 4.48. The predicted molar refractivity (Wildman–Crippen MR) is 102 cm³/mol. The van der Waals surface area contributed by atoms with Crippen molar-refractivity contribution in [3.05, 3.63) is 64.3 Å². The van der Waals surface area contributed by atoms with Gasteiger partial charge in [-0.2, -0.15) is 0 Å². The largest absolute Gasteiger partial charge is 0.497 e. The molecule has 28 heavy (non-hydrogen) atoms. The van der Waals surface area contributed by atoms with Crippen LogP contribution in [0.4, 0.5) is 0 Å². The molecule has 1 aromatic carbocycles. The Morgan fingerprint density at radius 2 is 1.93 bits per heavy atom. The molecule has 0 unspecified atom stereocenters. The van der Waals surface area contributed by atoms with E-state index in [0.29, 0.717) is 23.5 Å². The van der Waals surface area contributed by atoms with Crippen LogP contribution in [-0.4, -0.2) is 37.2 Å². The number of ether oxygens (including phenoxy) is 1. The van der Waals surface area contributed by atoms with E-state index in [9.17, 15) is 9.59 Å². The highest BCUT2D eigenvalue weighted by atomic mass is 16.5. The number of aromatic nitrogens is 5. The first-order valence-corrected chi connectivity index (χ1v) is 8.67. The van der Waals surface area contributed by atoms with E-state index in [2.05, 4.69) is 20.5 Å². The summed E-state index contributed by atoms with van der Waals surface area (Å²) in [6.45, 7) is 1.96. The van der Waals surface area contributed by atoms with Crippen LogP contribution >= 0.6 is 0 Å². The van der Waals surface area contributed by atoms with Crippen molar-refractivity contribution in [2.75, 3.05) is 7.11 Å². The molecule has 9 nitrogen and oxygen atoms in total. The van der Waals surface area contributed by atoms with Gasteiger partial charge in [-0.3, -0.25) is 18.6 Å². The lowest BCUT2D eigenvalue weighted by molar-refractivity contribution is -0.121. The van der Waals surface area contributed by atoms with Crippen LogP contribution in [-0.2, 0) is 17.9 Å². The second-order valence-electron chi connectivity index (χ2n) is 6.27. The number of amides is 1. The number of hydrogen-bond acceptors (Lipinski definition) is 6. The fraction of sp³-hybridized carbons (Fsp3) is 0.211. The fourth-order valence-corrected chi connectivity index (χ4v) is 3.06. The molecular formula is C19H18N6O3. The molecule has 0 aliphatic carbocycles. The minimum absolute atomic E-state index is 0.139. The summed E-state index contributed by atoms with van der Waals surface area (Å²) >= 11 is 0. The Labute approximate surface area is 159 Å². The second kappa shape index (κ2) is 7.10. The molecule has 142 valence electrons. The van der Waals surface area contributed by atoms with Crippen molar-refractivity contribution in [1.29, 1.82) is 0 Å². The van der Waals surface area contributed by atoms with Crippen LogP contribution in [0.3, 0.4) is 0 Å². The minimum Gasteiger partial charge on any atom is -0.497 e. The summed E-state index contributed by atoms with van der Waals surface area (Å²) in [5, 5.41) is 10.7. The molecule has 0 aliphatic rings. The van der Waals surface area contributed by atoms with Gasteiger partial charge in [0.25, 0.3) is 5.56 Å². The van der Waals surface area contributed by atoms with Crippen molar-refractivity contribution < 1.29 is 9.53 Å². The van der Waals surface area contributed by atoms with E-state index in [1.165, 1.54) is 4.57 Å². The lowest BCUT2D eigenvalue weighted by Gasteiger charge is -2.12. The number of methoxy groups -OCH3 is 1. The zero-order valence-corrected chi connectivity index (χ0v) is 15.4. The van der Waals surface area contributed by atoms with Crippen LogP contribution in [0.5, 0.6) is 5.75 Å². The summed E-state index contributed by atoms with van der Waals surface area (Å²) in [5.41, 5.74) is 1.76. The van der Waals surface area contributed by atoms with E-state index in [0.717, 1.165) is 11.3 Å². The first kappa shape index (κ1) is 17.7. The van der Waals surface area contributed by atoms with Crippen LogP contribution in [0.25, 0.3) is 16.8 Å². The number of carbonyl (C=O) groups is 1. The Bertz CT molecular complexity index is 1230. The molecule has 3 heterocycles. The Hall–Kier alpha value is -3.75. The minimum atomic E-state index is -0.388. The number of benzene rings is 1. The summed E-state index contributed by atoms with van der Waals surface area (Å²) in [4.78, 5) is 29.7. The maximum absolute atomic E-state index is 12.9.